The van der Waals surface area contributed by atoms with E-state index >= 15 is 0 Å². The zero-order valence-electron chi connectivity index (χ0n) is 15.1. The summed E-state index contributed by atoms with van der Waals surface area (Å²) >= 11 is 0. The molecule has 0 aromatic rings. The lowest BCUT2D eigenvalue weighted by Gasteiger charge is -2.27. The van der Waals surface area contributed by atoms with Crippen LogP contribution >= 0.6 is 0 Å². The summed E-state index contributed by atoms with van der Waals surface area (Å²) in [6.45, 7) is 17.0. The molecule has 0 spiro atoms. The average molecular weight is 297 g/mol. The molecular formula is C17H36N4. The number of nitrogens with zero attached hydrogens (tertiary/aromatic N) is 3. The molecule has 1 aliphatic heterocycles. The van der Waals surface area contributed by atoms with Gasteiger partial charge >= 0.3 is 0 Å². The second kappa shape index (κ2) is 8.62. The van der Waals surface area contributed by atoms with Crippen LogP contribution in [0.1, 0.15) is 53.9 Å². The third kappa shape index (κ3) is 6.25. The highest BCUT2D eigenvalue weighted by molar-refractivity contribution is 5.80. The van der Waals surface area contributed by atoms with Crippen molar-refractivity contribution in [3.8, 4) is 0 Å². The maximum Gasteiger partial charge on any atom is 0.193 e. The highest BCUT2D eigenvalue weighted by Crippen LogP contribution is 2.20. The first-order valence-corrected chi connectivity index (χ1v) is 8.61. The minimum Gasteiger partial charge on any atom is -0.356 e. The largest absolute Gasteiger partial charge is 0.356 e. The van der Waals surface area contributed by atoms with Gasteiger partial charge in [0.2, 0.25) is 0 Å². The Morgan fingerprint density at radius 3 is 2.48 bits per heavy atom. The minimum atomic E-state index is 0.423. The Bertz CT molecular complexity index is 315. The lowest BCUT2D eigenvalue weighted by molar-refractivity contribution is 0.223. The Hall–Kier alpha value is -0.770. The summed E-state index contributed by atoms with van der Waals surface area (Å²) in [5, 5.41) is 3.54. The summed E-state index contributed by atoms with van der Waals surface area (Å²) in [6, 6.07) is 0.688. The Morgan fingerprint density at radius 1 is 1.29 bits per heavy atom. The SMILES string of the molecule is CCN(CC)C1CCN(C(=NC)NCCCC(C)(C)C)C1. The quantitative estimate of drug-likeness (QED) is 0.464. The molecule has 0 aromatic heterocycles. The molecule has 4 heteroatoms. The molecule has 0 saturated carbocycles. The molecule has 1 N–H and O–H groups in total. The Labute approximate surface area is 132 Å². The van der Waals surface area contributed by atoms with E-state index in [0.717, 1.165) is 38.7 Å². The molecule has 0 aromatic carbocycles. The number of guanidine groups is 1. The van der Waals surface area contributed by atoms with Gasteiger partial charge in [0.25, 0.3) is 0 Å². The van der Waals surface area contributed by atoms with Crippen LogP contribution in [0.4, 0.5) is 0 Å². The summed E-state index contributed by atoms with van der Waals surface area (Å²) in [5.74, 6) is 1.08. The van der Waals surface area contributed by atoms with Crippen LogP contribution in [0.3, 0.4) is 0 Å². The van der Waals surface area contributed by atoms with E-state index in [0.29, 0.717) is 11.5 Å². The molecule has 1 fully saturated rings. The molecule has 1 heterocycles. The lowest BCUT2D eigenvalue weighted by Crippen LogP contribution is -2.43. The standard InChI is InChI=1S/C17H36N4/c1-7-20(8-2)15-10-13-21(14-15)16(18-6)19-12-9-11-17(3,4)5/h15H,7-14H2,1-6H3,(H,18,19). The van der Waals surface area contributed by atoms with Crippen molar-refractivity contribution in [2.75, 3.05) is 39.8 Å². The third-order valence-corrected chi connectivity index (χ3v) is 4.39. The van der Waals surface area contributed by atoms with Crippen LogP contribution in [-0.4, -0.2) is 61.6 Å². The third-order valence-electron chi connectivity index (χ3n) is 4.39. The number of rotatable bonds is 6. The van der Waals surface area contributed by atoms with E-state index in [2.05, 4.69) is 54.7 Å². The molecule has 0 aliphatic carbocycles. The van der Waals surface area contributed by atoms with Gasteiger partial charge in [-0.05, 0) is 37.8 Å². The van der Waals surface area contributed by atoms with E-state index < -0.39 is 0 Å². The number of nitrogens with one attached hydrogen (secondary N) is 1. The van der Waals surface area contributed by atoms with Crippen LogP contribution in [0.15, 0.2) is 4.99 Å². The molecule has 0 radical (unpaired) electrons. The van der Waals surface area contributed by atoms with Crippen LogP contribution in [0.25, 0.3) is 0 Å². The fraction of sp³-hybridized carbons (Fsp3) is 0.941. The Morgan fingerprint density at radius 2 is 1.95 bits per heavy atom. The predicted molar refractivity (Wildman–Crippen MR) is 92.9 cm³/mol. The number of likely N-dealkylation sites (N-methyl/N-ethyl adjacent to an activating group) is 1. The summed E-state index contributed by atoms with van der Waals surface area (Å²) in [6.07, 6.45) is 3.71. The van der Waals surface area contributed by atoms with Crippen molar-refractivity contribution in [2.45, 2.75) is 59.9 Å². The van der Waals surface area contributed by atoms with Gasteiger partial charge in [0, 0.05) is 32.7 Å². The Balaban J connectivity index is 2.37. The number of hydrogen-bond donors (Lipinski definition) is 1. The summed E-state index contributed by atoms with van der Waals surface area (Å²) in [4.78, 5) is 9.44. The van der Waals surface area contributed by atoms with Crippen molar-refractivity contribution in [3.05, 3.63) is 0 Å². The lowest BCUT2D eigenvalue weighted by atomic mass is 9.91. The van der Waals surface area contributed by atoms with Crippen molar-refractivity contribution < 1.29 is 0 Å². The van der Waals surface area contributed by atoms with Gasteiger partial charge in [-0.2, -0.15) is 0 Å². The fourth-order valence-corrected chi connectivity index (χ4v) is 3.12. The smallest absolute Gasteiger partial charge is 0.193 e. The highest BCUT2D eigenvalue weighted by Gasteiger charge is 2.27. The molecule has 1 rings (SSSR count). The minimum absolute atomic E-state index is 0.423. The molecule has 0 bridgehead atoms. The predicted octanol–water partition coefficient (Wildman–Crippen LogP) is 2.80. The van der Waals surface area contributed by atoms with Crippen molar-refractivity contribution in [3.63, 3.8) is 0 Å². The summed E-state index contributed by atoms with van der Waals surface area (Å²) in [5.41, 5.74) is 0.423. The first kappa shape index (κ1) is 18.3. The van der Waals surface area contributed by atoms with Gasteiger partial charge < -0.3 is 10.2 Å². The molecular weight excluding hydrogens is 260 g/mol. The Kier molecular flexibility index (Phi) is 7.50. The van der Waals surface area contributed by atoms with Crippen LogP contribution in [0.2, 0.25) is 0 Å². The van der Waals surface area contributed by atoms with Gasteiger partial charge in [-0.1, -0.05) is 34.6 Å². The van der Waals surface area contributed by atoms with Gasteiger partial charge in [0.1, 0.15) is 0 Å². The van der Waals surface area contributed by atoms with Crippen molar-refractivity contribution in [1.29, 1.82) is 0 Å². The maximum atomic E-state index is 4.46. The molecule has 0 amide bonds. The van der Waals surface area contributed by atoms with Crippen molar-refractivity contribution in [2.24, 2.45) is 10.4 Å². The normalized spacial score (nSPS) is 20.4. The van der Waals surface area contributed by atoms with Gasteiger partial charge in [-0.25, -0.2) is 0 Å². The monoisotopic (exact) mass is 296 g/mol. The van der Waals surface area contributed by atoms with Gasteiger partial charge in [0.15, 0.2) is 5.96 Å². The molecule has 21 heavy (non-hydrogen) atoms. The molecule has 1 aliphatic rings. The van der Waals surface area contributed by atoms with E-state index in [-0.39, 0.29) is 0 Å². The number of hydrogen-bond acceptors (Lipinski definition) is 2. The summed E-state index contributed by atoms with van der Waals surface area (Å²) in [7, 11) is 1.90. The van der Waals surface area contributed by atoms with Gasteiger partial charge in [-0.3, -0.25) is 9.89 Å². The van der Waals surface area contributed by atoms with E-state index in [9.17, 15) is 0 Å². The molecule has 1 unspecified atom stereocenters. The van der Waals surface area contributed by atoms with Crippen LogP contribution in [-0.2, 0) is 0 Å². The molecule has 1 atom stereocenters. The zero-order valence-corrected chi connectivity index (χ0v) is 15.1. The topological polar surface area (TPSA) is 30.9 Å². The van der Waals surface area contributed by atoms with Crippen LogP contribution in [0.5, 0.6) is 0 Å². The van der Waals surface area contributed by atoms with E-state index in [4.69, 9.17) is 0 Å². The zero-order chi connectivity index (χ0) is 15.9. The second-order valence-electron chi connectivity index (χ2n) is 7.25. The van der Waals surface area contributed by atoms with E-state index in [1.165, 1.54) is 19.3 Å². The van der Waals surface area contributed by atoms with Gasteiger partial charge in [-0.15, -0.1) is 0 Å². The van der Waals surface area contributed by atoms with E-state index in [1.807, 2.05) is 7.05 Å². The van der Waals surface area contributed by atoms with Crippen LogP contribution in [0, 0.1) is 5.41 Å². The van der Waals surface area contributed by atoms with Crippen molar-refractivity contribution in [1.82, 2.24) is 15.1 Å². The molecule has 124 valence electrons. The highest BCUT2D eigenvalue weighted by atomic mass is 15.3. The van der Waals surface area contributed by atoms with E-state index in [1.54, 1.807) is 0 Å². The second-order valence-corrected chi connectivity index (χ2v) is 7.25. The summed E-state index contributed by atoms with van der Waals surface area (Å²) < 4.78 is 0. The van der Waals surface area contributed by atoms with Crippen molar-refractivity contribution >= 4 is 5.96 Å². The first-order chi connectivity index (χ1) is 9.91. The fourth-order valence-electron chi connectivity index (χ4n) is 3.12. The number of aliphatic imine (C=N–C) groups is 1. The first-order valence-electron chi connectivity index (χ1n) is 8.61. The number of likely N-dealkylation sites (tertiary alicyclic amines) is 1. The molecule has 1 saturated heterocycles. The maximum absolute atomic E-state index is 4.46. The van der Waals surface area contributed by atoms with Crippen LogP contribution < -0.4 is 5.32 Å². The molecule has 4 nitrogen and oxygen atoms in total. The van der Waals surface area contributed by atoms with Gasteiger partial charge in [0.05, 0.1) is 0 Å². The average Bonchev–Trinajstić information content (AvgIpc) is 2.88.